The Morgan fingerprint density at radius 1 is 0.810 bits per heavy atom. The fourth-order valence-corrected chi connectivity index (χ4v) is 3.58. The molecular formula is C19H37N2+. The molecule has 0 bridgehead atoms. The zero-order valence-electron chi connectivity index (χ0n) is 15.2. The van der Waals surface area contributed by atoms with Gasteiger partial charge in [-0.2, -0.15) is 0 Å². The van der Waals surface area contributed by atoms with E-state index in [0.717, 1.165) is 28.2 Å². The summed E-state index contributed by atoms with van der Waals surface area (Å²) in [4.78, 5) is 4.42. The first-order chi connectivity index (χ1) is 9.94. The number of nitrogens with zero attached hydrogens (tertiary/aromatic N) is 2. The normalized spacial score (nSPS) is 26.8. The van der Waals surface area contributed by atoms with Crippen LogP contribution in [0.25, 0.3) is 0 Å². The molecule has 0 aromatic carbocycles. The molecule has 4 unspecified atom stereocenters. The average Bonchev–Trinajstić information content (AvgIpc) is 2.87. The Balaban J connectivity index is 2.67. The molecule has 0 amide bonds. The Morgan fingerprint density at radius 2 is 1.29 bits per heavy atom. The second kappa shape index (κ2) is 8.73. The highest BCUT2D eigenvalue weighted by Crippen LogP contribution is 2.27. The Morgan fingerprint density at radius 3 is 1.62 bits per heavy atom. The second-order valence-corrected chi connectivity index (χ2v) is 7.52. The molecule has 0 N–H and O–H groups in total. The summed E-state index contributed by atoms with van der Waals surface area (Å²) in [6.45, 7) is 16.6. The van der Waals surface area contributed by atoms with Crippen molar-refractivity contribution in [2.45, 2.75) is 67.2 Å². The van der Waals surface area contributed by atoms with E-state index in [2.05, 4.69) is 59.1 Å². The maximum Gasteiger partial charge on any atom is 0.194 e. The maximum atomic E-state index is 4.42. The molecule has 1 heterocycles. The van der Waals surface area contributed by atoms with Crippen molar-refractivity contribution in [3.05, 3.63) is 12.4 Å². The van der Waals surface area contributed by atoms with Gasteiger partial charge in [0.2, 0.25) is 0 Å². The topological polar surface area (TPSA) is 12.4 Å². The van der Waals surface area contributed by atoms with Gasteiger partial charge in [0.15, 0.2) is 6.34 Å². The van der Waals surface area contributed by atoms with Crippen molar-refractivity contribution in [1.29, 1.82) is 0 Å². The van der Waals surface area contributed by atoms with Crippen LogP contribution in [0.2, 0.25) is 0 Å². The standard InChI is InChI=1S/C19H37N2/c1-7-9-16(3)18(5)13-21(12-11-20-15-21)14-19(6)17(4)10-8-2/h11-12,15-19H,7-10,13-14H2,1-6H3/q+1. The average molecular weight is 294 g/mol. The Kier molecular flexibility index (Phi) is 7.65. The third-order valence-electron chi connectivity index (χ3n) is 5.43. The summed E-state index contributed by atoms with van der Waals surface area (Å²) < 4.78 is 0.963. The smallest absolute Gasteiger partial charge is 0.194 e. The zero-order valence-corrected chi connectivity index (χ0v) is 15.2. The van der Waals surface area contributed by atoms with Crippen LogP contribution < -0.4 is 0 Å². The van der Waals surface area contributed by atoms with Gasteiger partial charge in [0.1, 0.15) is 6.20 Å². The molecule has 0 fully saturated rings. The lowest BCUT2D eigenvalue weighted by atomic mass is 9.88. The third-order valence-corrected chi connectivity index (χ3v) is 5.43. The summed E-state index contributed by atoms with van der Waals surface area (Å²) in [6.07, 6.45) is 11.7. The molecule has 0 saturated carbocycles. The molecule has 0 aromatic heterocycles. The maximum absolute atomic E-state index is 4.42. The summed E-state index contributed by atoms with van der Waals surface area (Å²) in [6, 6.07) is 0. The number of rotatable bonds is 10. The van der Waals surface area contributed by atoms with Crippen LogP contribution in [0, 0.1) is 23.7 Å². The highest BCUT2D eigenvalue weighted by molar-refractivity contribution is 5.51. The van der Waals surface area contributed by atoms with E-state index in [0.29, 0.717) is 0 Å². The zero-order chi connectivity index (χ0) is 15.9. The van der Waals surface area contributed by atoms with Gasteiger partial charge < -0.3 is 0 Å². The molecule has 122 valence electrons. The molecule has 0 saturated heterocycles. The Labute approximate surface area is 132 Å². The van der Waals surface area contributed by atoms with Gasteiger partial charge in [0.05, 0.1) is 19.3 Å². The molecule has 1 aliphatic heterocycles. The van der Waals surface area contributed by atoms with E-state index < -0.39 is 0 Å². The molecule has 21 heavy (non-hydrogen) atoms. The number of hydrogen-bond acceptors (Lipinski definition) is 1. The van der Waals surface area contributed by atoms with Gasteiger partial charge in [0.25, 0.3) is 0 Å². The van der Waals surface area contributed by atoms with Crippen molar-refractivity contribution in [3.63, 3.8) is 0 Å². The van der Waals surface area contributed by atoms with Crippen molar-refractivity contribution < 1.29 is 4.48 Å². The minimum Gasteiger partial charge on any atom is -0.253 e. The molecule has 0 aliphatic carbocycles. The van der Waals surface area contributed by atoms with Crippen LogP contribution in [0.5, 0.6) is 0 Å². The fraction of sp³-hybridized carbons (Fsp3) is 0.842. The number of hydrogen-bond donors (Lipinski definition) is 0. The monoisotopic (exact) mass is 293 g/mol. The van der Waals surface area contributed by atoms with E-state index in [9.17, 15) is 0 Å². The van der Waals surface area contributed by atoms with Crippen molar-refractivity contribution in [3.8, 4) is 0 Å². The minimum absolute atomic E-state index is 0.743. The van der Waals surface area contributed by atoms with Crippen molar-refractivity contribution in [1.82, 2.24) is 0 Å². The summed E-state index contributed by atoms with van der Waals surface area (Å²) in [5, 5.41) is 0. The van der Waals surface area contributed by atoms with Crippen LogP contribution in [-0.4, -0.2) is 23.9 Å². The van der Waals surface area contributed by atoms with E-state index in [1.807, 2.05) is 6.20 Å². The van der Waals surface area contributed by atoms with E-state index in [-0.39, 0.29) is 0 Å². The molecule has 0 aromatic rings. The van der Waals surface area contributed by atoms with Crippen molar-refractivity contribution in [2.24, 2.45) is 28.7 Å². The summed E-state index contributed by atoms with van der Waals surface area (Å²) in [5.74, 6) is 3.09. The van der Waals surface area contributed by atoms with E-state index >= 15 is 0 Å². The Hall–Kier alpha value is -0.630. The molecule has 0 radical (unpaired) electrons. The first-order valence-corrected chi connectivity index (χ1v) is 9.02. The third kappa shape index (κ3) is 5.58. The SMILES string of the molecule is CCCC(C)C(C)C[N+]1(CC(C)C(C)CCC)C=CN=C1. The predicted molar refractivity (Wildman–Crippen MR) is 94.1 cm³/mol. The highest BCUT2D eigenvalue weighted by Gasteiger charge is 2.33. The molecule has 0 spiro atoms. The van der Waals surface area contributed by atoms with Crippen molar-refractivity contribution in [2.75, 3.05) is 13.1 Å². The molecule has 2 nitrogen and oxygen atoms in total. The summed E-state index contributed by atoms with van der Waals surface area (Å²) in [5.41, 5.74) is 0. The van der Waals surface area contributed by atoms with Gasteiger partial charge in [-0.05, 0) is 11.8 Å². The quantitative estimate of drug-likeness (QED) is 0.474. The highest BCUT2D eigenvalue weighted by atomic mass is 15.4. The van der Waals surface area contributed by atoms with Gasteiger partial charge >= 0.3 is 0 Å². The van der Waals surface area contributed by atoms with Crippen LogP contribution >= 0.6 is 0 Å². The number of aliphatic imine (C=N–C) groups is 1. The first kappa shape index (κ1) is 18.4. The van der Waals surface area contributed by atoms with E-state index in [1.54, 1.807) is 0 Å². The van der Waals surface area contributed by atoms with Crippen LogP contribution in [0.15, 0.2) is 17.4 Å². The Bertz CT molecular complexity index is 311. The number of quaternary nitrogens is 1. The summed E-state index contributed by atoms with van der Waals surface area (Å²) >= 11 is 0. The van der Waals surface area contributed by atoms with Gasteiger partial charge in [-0.15, -0.1) is 0 Å². The lowest BCUT2D eigenvalue weighted by Gasteiger charge is -2.35. The lowest BCUT2D eigenvalue weighted by Crippen LogP contribution is -2.48. The minimum atomic E-state index is 0.743. The molecule has 2 heteroatoms. The van der Waals surface area contributed by atoms with Gasteiger partial charge in [0, 0.05) is 11.8 Å². The van der Waals surface area contributed by atoms with E-state index in [4.69, 9.17) is 0 Å². The second-order valence-electron chi connectivity index (χ2n) is 7.52. The van der Waals surface area contributed by atoms with Gasteiger partial charge in [-0.3, -0.25) is 4.48 Å². The first-order valence-electron chi connectivity index (χ1n) is 9.02. The van der Waals surface area contributed by atoms with Gasteiger partial charge in [-0.1, -0.05) is 67.2 Å². The lowest BCUT2D eigenvalue weighted by molar-refractivity contribution is -0.788. The van der Waals surface area contributed by atoms with Crippen LogP contribution in [0.1, 0.15) is 67.2 Å². The van der Waals surface area contributed by atoms with E-state index in [1.165, 1.54) is 38.8 Å². The molecule has 4 atom stereocenters. The van der Waals surface area contributed by atoms with Gasteiger partial charge in [-0.25, -0.2) is 4.99 Å². The molecule has 1 rings (SSSR count). The van der Waals surface area contributed by atoms with Crippen molar-refractivity contribution >= 4 is 6.34 Å². The summed E-state index contributed by atoms with van der Waals surface area (Å²) in [7, 11) is 0. The molecule has 1 aliphatic rings. The predicted octanol–water partition coefficient (Wildman–Crippen LogP) is 5.46. The van der Waals surface area contributed by atoms with Crippen LogP contribution in [-0.2, 0) is 0 Å². The largest absolute Gasteiger partial charge is 0.253 e. The van der Waals surface area contributed by atoms with Crippen LogP contribution in [0.3, 0.4) is 0 Å². The fourth-order valence-electron chi connectivity index (χ4n) is 3.58. The molecular weight excluding hydrogens is 256 g/mol. The van der Waals surface area contributed by atoms with Crippen LogP contribution in [0.4, 0.5) is 0 Å².